The van der Waals surface area contributed by atoms with E-state index < -0.39 is 6.09 Å². The molecular formula is C26H33ClN4O4. The van der Waals surface area contributed by atoms with Crippen molar-refractivity contribution in [2.45, 2.75) is 50.7 Å². The van der Waals surface area contributed by atoms with Crippen molar-refractivity contribution >= 4 is 36.3 Å². The summed E-state index contributed by atoms with van der Waals surface area (Å²) in [5.41, 5.74) is 1.78. The molecule has 2 aromatic rings. The minimum absolute atomic E-state index is 0. The van der Waals surface area contributed by atoms with E-state index in [0.717, 1.165) is 25.9 Å². The van der Waals surface area contributed by atoms with Crippen molar-refractivity contribution in [3.05, 3.63) is 60.2 Å². The molecule has 9 heteroatoms. The molecule has 1 N–H and O–H groups in total. The normalized spacial score (nSPS) is 20.2. The SMILES string of the molecule is CCC(=O)N1C2CCC1CN(C(C/C=N/OC(=O)Nc1ccc(OC)cc1)c1ccccc1)C2.Cl. The third kappa shape index (κ3) is 6.52. The molecule has 0 aliphatic carbocycles. The molecule has 2 aliphatic rings. The molecule has 8 nitrogen and oxygen atoms in total. The molecule has 4 rings (SSSR count). The number of piperazine rings is 1. The summed E-state index contributed by atoms with van der Waals surface area (Å²) in [6, 6.07) is 17.9. The number of carbonyl (C=O) groups excluding carboxylic acids is 2. The Morgan fingerprint density at radius 2 is 1.74 bits per heavy atom. The first-order chi connectivity index (χ1) is 16.6. The number of hydrogen-bond acceptors (Lipinski definition) is 6. The Hall–Kier alpha value is -3.10. The Morgan fingerprint density at radius 1 is 1.09 bits per heavy atom. The van der Waals surface area contributed by atoms with E-state index in [4.69, 9.17) is 9.57 Å². The van der Waals surface area contributed by atoms with Crippen molar-refractivity contribution in [2.24, 2.45) is 5.16 Å². The highest BCUT2D eigenvalue weighted by Crippen LogP contribution is 2.35. The molecule has 0 aromatic heterocycles. The number of fused-ring (bicyclic) bond motifs is 2. The minimum Gasteiger partial charge on any atom is -0.497 e. The standard InChI is InChI=1S/C26H32N4O4.ClH/c1-3-25(31)30-21-11-12-22(30)18-29(17-21)24(19-7-5-4-6-8-19)15-16-27-34-26(32)28-20-9-13-23(33-2)14-10-20;/h4-10,13-14,16,21-22,24H,3,11-12,15,17-18H2,1-2H3,(H,28,32);1H/b27-16+;. The monoisotopic (exact) mass is 500 g/mol. The third-order valence-electron chi connectivity index (χ3n) is 6.60. The molecular weight excluding hydrogens is 468 g/mol. The lowest BCUT2D eigenvalue weighted by atomic mass is 10.00. The van der Waals surface area contributed by atoms with E-state index in [9.17, 15) is 9.59 Å². The van der Waals surface area contributed by atoms with Crippen LogP contribution in [0.25, 0.3) is 0 Å². The maximum atomic E-state index is 12.4. The van der Waals surface area contributed by atoms with Crippen LogP contribution in [0.3, 0.4) is 0 Å². The summed E-state index contributed by atoms with van der Waals surface area (Å²) < 4.78 is 5.11. The van der Waals surface area contributed by atoms with Crippen molar-refractivity contribution in [3.63, 3.8) is 0 Å². The van der Waals surface area contributed by atoms with E-state index in [2.05, 4.69) is 32.4 Å². The van der Waals surface area contributed by atoms with Gasteiger partial charge in [0, 0.05) is 56.0 Å². The predicted molar refractivity (Wildman–Crippen MR) is 138 cm³/mol. The van der Waals surface area contributed by atoms with Gasteiger partial charge in [-0.25, -0.2) is 4.79 Å². The summed E-state index contributed by atoms with van der Waals surface area (Å²) in [7, 11) is 1.59. The van der Waals surface area contributed by atoms with E-state index in [1.807, 2.05) is 25.1 Å². The maximum absolute atomic E-state index is 12.4. The van der Waals surface area contributed by atoms with Gasteiger partial charge in [-0.2, -0.15) is 0 Å². The van der Waals surface area contributed by atoms with Gasteiger partial charge < -0.3 is 9.64 Å². The fraction of sp³-hybridized carbons (Fsp3) is 0.423. The van der Waals surface area contributed by atoms with Crippen molar-refractivity contribution in [1.82, 2.24) is 9.80 Å². The number of methoxy groups -OCH3 is 1. The molecule has 2 amide bonds. The molecule has 3 atom stereocenters. The first kappa shape index (κ1) is 26.5. The highest BCUT2D eigenvalue weighted by molar-refractivity contribution is 5.85. The Morgan fingerprint density at radius 3 is 2.34 bits per heavy atom. The first-order valence-electron chi connectivity index (χ1n) is 11.8. The topological polar surface area (TPSA) is 83.5 Å². The molecule has 2 saturated heterocycles. The number of oxime groups is 1. The van der Waals surface area contributed by atoms with E-state index in [1.54, 1.807) is 37.6 Å². The average Bonchev–Trinajstić information content (AvgIpc) is 3.14. The zero-order valence-corrected chi connectivity index (χ0v) is 20.9. The van der Waals surface area contributed by atoms with Crippen LogP contribution >= 0.6 is 12.4 Å². The Kier molecular flexibility index (Phi) is 9.51. The van der Waals surface area contributed by atoms with Crippen molar-refractivity contribution in [1.29, 1.82) is 0 Å². The molecule has 188 valence electrons. The quantitative estimate of drug-likeness (QED) is 0.317. The molecule has 2 aromatic carbocycles. The molecule has 0 saturated carbocycles. The van der Waals surface area contributed by atoms with Gasteiger partial charge in [-0.1, -0.05) is 42.4 Å². The van der Waals surface area contributed by atoms with Crippen LogP contribution in [-0.4, -0.2) is 60.3 Å². The summed E-state index contributed by atoms with van der Waals surface area (Å²) in [6.45, 7) is 3.62. The van der Waals surface area contributed by atoms with Crippen molar-refractivity contribution in [3.8, 4) is 5.75 Å². The van der Waals surface area contributed by atoms with Gasteiger partial charge in [0.05, 0.1) is 7.11 Å². The van der Waals surface area contributed by atoms with E-state index in [0.29, 0.717) is 24.3 Å². The molecule has 0 radical (unpaired) electrons. The molecule has 2 fully saturated rings. The summed E-state index contributed by atoms with van der Waals surface area (Å²) in [5.74, 6) is 0.957. The second-order valence-corrected chi connectivity index (χ2v) is 8.68. The van der Waals surface area contributed by atoms with Gasteiger partial charge in [0.15, 0.2) is 0 Å². The second kappa shape index (κ2) is 12.6. The van der Waals surface area contributed by atoms with Crippen LogP contribution in [0.1, 0.15) is 44.2 Å². The van der Waals surface area contributed by atoms with Gasteiger partial charge in [0.1, 0.15) is 5.75 Å². The number of rotatable bonds is 8. The summed E-state index contributed by atoms with van der Waals surface area (Å²) in [6.07, 6.45) is 4.26. The van der Waals surface area contributed by atoms with Crippen LogP contribution in [0, 0.1) is 0 Å². The van der Waals surface area contributed by atoms with Crippen molar-refractivity contribution < 1.29 is 19.2 Å². The Labute approximate surface area is 212 Å². The lowest BCUT2D eigenvalue weighted by Crippen LogP contribution is -2.56. The Balaban J connectivity index is 0.00000342. The number of amides is 2. The van der Waals surface area contributed by atoms with E-state index in [-0.39, 0.29) is 36.4 Å². The molecule has 2 aliphatic heterocycles. The smallest absolute Gasteiger partial charge is 0.437 e. The second-order valence-electron chi connectivity index (χ2n) is 8.68. The highest BCUT2D eigenvalue weighted by Gasteiger charge is 2.43. The number of halogens is 1. The molecule has 2 heterocycles. The number of ether oxygens (including phenoxy) is 1. The number of nitrogens with zero attached hydrogens (tertiary/aromatic N) is 3. The van der Waals surface area contributed by atoms with Gasteiger partial charge in [-0.3, -0.25) is 19.8 Å². The van der Waals surface area contributed by atoms with E-state index in [1.165, 1.54) is 5.56 Å². The first-order valence-corrected chi connectivity index (χ1v) is 11.8. The Bertz CT molecular complexity index is 988. The van der Waals surface area contributed by atoms with E-state index >= 15 is 0 Å². The molecule has 2 bridgehead atoms. The van der Waals surface area contributed by atoms with Crippen LogP contribution in [0.5, 0.6) is 5.75 Å². The van der Waals surface area contributed by atoms with Crippen LogP contribution in [0.2, 0.25) is 0 Å². The average molecular weight is 501 g/mol. The van der Waals surface area contributed by atoms with Crippen LogP contribution < -0.4 is 10.1 Å². The van der Waals surface area contributed by atoms with Gasteiger partial charge in [0.2, 0.25) is 5.91 Å². The number of carbonyl (C=O) groups is 2. The van der Waals surface area contributed by atoms with Gasteiger partial charge in [0.25, 0.3) is 0 Å². The molecule has 0 spiro atoms. The number of nitrogens with one attached hydrogen (secondary N) is 1. The number of hydrogen-bond donors (Lipinski definition) is 1. The summed E-state index contributed by atoms with van der Waals surface area (Å²) in [4.78, 5) is 34.1. The highest BCUT2D eigenvalue weighted by atomic mass is 35.5. The largest absolute Gasteiger partial charge is 0.497 e. The van der Waals surface area contributed by atoms with Crippen molar-refractivity contribution in [2.75, 3.05) is 25.5 Å². The van der Waals surface area contributed by atoms with Gasteiger partial charge in [-0.15, -0.1) is 12.4 Å². The fourth-order valence-electron chi connectivity index (χ4n) is 4.99. The zero-order valence-electron chi connectivity index (χ0n) is 20.1. The van der Waals surface area contributed by atoms with Gasteiger partial charge >= 0.3 is 6.09 Å². The zero-order chi connectivity index (χ0) is 23.9. The van der Waals surface area contributed by atoms with Crippen LogP contribution in [0.15, 0.2) is 59.8 Å². The number of likely N-dealkylation sites (tertiary alicyclic amines) is 1. The lowest BCUT2D eigenvalue weighted by molar-refractivity contribution is -0.137. The maximum Gasteiger partial charge on any atom is 0.437 e. The summed E-state index contributed by atoms with van der Waals surface area (Å²) in [5, 5.41) is 6.56. The number of benzene rings is 2. The molecule has 3 unspecified atom stereocenters. The number of anilines is 1. The van der Waals surface area contributed by atoms with Crippen LogP contribution in [-0.2, 0) is 9.63 Å². The predicted octanol–water partition coefficient (Wildman–Crippen LogP) is 4.87. The van der Waals surface area contributed by atoms with Crippen LogP contribution in [0.4, 0.5) is 10.5 Å². The third-order valence-corrected chi connectivity index (χ3v) is 6.60. The lowest BCUT2D eigenvalue weighted by Gasteiger charge is -2.44. The molecule has 35 heavy (non-hydrogen) atoms. The minimum atomic E-state index is -0.651. The summed E-state index contributed by atoms with van der Waals surface area (Å²) >= 11 is 0. The fourth-order valence-corrected chi connectivity index (χ4v) is 4.99. The van der Waals surface area contributed by atoms with Gasteiger partial charge in [-0.05, 0) is 42.7 Å².